The predicted octanol–water partition coefficient (Wildman–Crippen LogP) is 2.39. The minimum absolute atomic E-state index is 0.872. The third-order valence-electron chi connectivity index (χ3n) is 4.27. The van der Waals surface area contributed by atoms with Crippen molar-refractivity contribution in [3.63, 3.8) is 0 Å². The van der Waals surface area contributed by atoms with Gasteiger partial charge in [0.1, 0.15) is 5.82 Å². The Morgan fingerprint density at radius 3 is 2.65 bits per heavy atom. The van der Waals surface area contributed by atoms with E-state index in [2.05, 4.69) is 29.8 Å². The number of carbonyl (C=O) groups is 1. The number of hydrogen-bond acceptors (Lipinski definition) is 4. The number of fused-ring (bicyclic) bond motifs is 1. The van der Waals surface area contributed by atoms with Crippen molar-refractivity contribution >= 4 is 28.8 Å². The largest absolute Gasteiger partial charge is 0.478 e. The maximum Gasteiger partial charge on any atom is 0.328 e. The highest BCUT2D eigenvalue weighted by molar-refractivity contribution is 5.89. The van der Waals surface area contributed by atoms with E-state index in [1.807, 2.05) is 18.2 Å². The molecule has 1 aromatic carbocycles. The molecule has 1 fully saturated rings. The number of carboxylic acid groups (broad SMARTS) is 1. The lowest BCUT2D eigenvalue weighted by molar-refractivity contribution is -0.131. The van der Waals surface area contributed by atoms with Crippen LogP contribution in [0.25, 0.3) is 17.0 Å². The van der Waals surface area contributed by atoms with Crippen LogP contribution < -0.4 is 4.90 Å². The smallest absolute Gasteiger partial charge is 0.328 e. The Balaban J connectivity index is 1.93. The molecule has 0 bridgehead atoms. The summed E-state index contributed by atoms with van der Waals surface area (Å²) in [6.07, 6.45) is 2.76. The highest BCUT2D eigenvalue weighted by atomic mass is 16.4. The van der Waals surface area contributed by atoms with Crippen molar-refractivity contribution in [2.45, 2.75) is 6.92 Å². The van der Waals surface area contributed by atoms with Crippen molar-refractivity contribution in [2.75, 3.05) is 38.1 Å². The molecule has 0 spiro atoms. The van der Waals surface area contributed by atoms with Crippen molar-refractivity contribution in [3.05, 3.63) is 41.5 Å². The summed E-state index contributed by atoms with van der Waals surface area (Å²) in [5.41, 5.74) is 2.98. The molecular weight excluding hydrogens is 290 g/mol. The maximum absolute atomic E-state index is 10.6. The zero-order valence-corrected chi connectivity index (χ0v) is 13.5. The Labute approximate surface area is 135 Å². The van der Waals surface area contributed by atoms with Crippen molar-refractivity contribution in [2.24, 2.45) is 0 Å². The lowest BCUT2D eigenvalue weighted by Crippen LogP contribution is -2.44. The summed E-state index contributed by atoms with van der Waals surface area (Å²) in [6.45, 7) is 6.17. The van der Waals surface area contributed by atoms with E-state index in [0.29, 0.717) is 0 Å². The van der Waals surface area contributed by atoms with Crippen molar-refractivity contribution in [3.8, 4) is 0 Å². The number of carboxylic acids is 1. The van der Waals surface area contributed by atoms with Crippen molar-refractivity contribution in [1.82, 2.24) is 9.88 Å². The molecule has 0 unspecified atom stereocenters. The van der Waals surface area contributed by atoms with Crippen LogP contribution in [0.4, 0.5) is 5.82 Å². The summed E-state index contributed by atoms with van der Waals surface area (Å²) < 4.78 is 0. The van der Waals surface area contributed by atoms with Gasteiger partial charge in [-0.15, -0.1) is 0 Å². The van der Waals surface area contributed by atoms with Crippen LogP contribution in [-0.2, 0) is 4.79 Å². The average Bonchev–Trinajstić information content (AvgIpc) is 2.53. The third kappa shape index (κ3) is 3.51. The Hall–Kier alpha value is -2.40. The first-order valence-corrected chi connectivity index (χ1v) is 7.79. The molecule has 0 atom stereocenters. The second-order valence-corrected chi connectivity index (χ2v) is 6.04. The van der Waals surface area contributed by atoms with Gasteiger partial charge >= 0.3 is 5.97 Å². The molecule has 2 aromatic rings. The topological polar surface area (TPSA) is 56.7 Å². The number of hydrogen-bond donors (Lipinski definition) is 1. The molecule has 1 aliphatic heterocycles. The summed E-state index contributed by atoms with van der Waals surface area (Å²) in [5, 5.41) is 9.80. The lowest BCUT2D eigenvalue weighted by atomic mass is 10.1. The van der Waals surface area contributed by atoms with Gasteiger partial charge in [0.2, 0.25) is 0 Å². The van der Waals surface area contributed by atoms with Crippen LogP contribution in [0.1, 0.15) is 11.1 Å². The van der Waals surface area contributed by atoms with Crippen LogP contribution in [0.3, 0.4) is 0 Å². The van der Waals surface area contributed by atoms with E-state index in [-0.39, 0.29) is 0 Å². The molecule has 120 valence electrons. The zero-order valence-electron chi connectivity index (χ0n) is 13.5. The zero-order chi connectivity index (χ0) is 16.4. The lowest BCUT2D eigenvalue weighted by Gasteiger charge is -2.33. The monoisotopic (exact) mass is 311 g/mol. The van der Waals surface area contributed by atoms with Gasteiger partial charge in [-0.1, -0.05) is 6.07 Å². The summed E-state index contributed by atoms with van der Waals surface area (Å²) in [7, 11) is 2.14. The van der Waals surface area contributed by atoms with Gasteiger partial charge in [0.25, 0.3) is 0 Å². The standard InChI is InChI=1S/C18H21N3O2/c1-13-11-17(21-9-7-20(2)8-10-21)19-16-5-3-14(12-15(13)16)4-6-18(22)23/h3-6,11-12H,7-10H2,1-2H3,(H,22,23)/b6-4+. The maximum atomic E-state index is 10.6. The SMILES string of the molecule is Cc1cc(N2CCN(C)CC2)nc2ccc(/C=C/C(=O)O)cc12. The molecule has 0 saturated carbocycles. The van der Waals surface area contributed by atoms with Gasteiger partial charge in [-0.3, -0.25) is 0 Å². The van der Waals surface area contributed by atoms with Gasteiger partial charge < -0.3 is 14.9 Å². The minimum Gasteiger partial charge on any atom is -0.478 e. The molecule has 1 aromatic heterocycles. The fourth-order valence-corrected chi connectivity index (χ4v) is 2.86. The van der Waals surface area contributed by atoms with Gasteiger partial charge in [0.05, 0.1) is 5.52 Å². The van der Waals surface area contributed by atoms with E-state index < -0.39 is 5.97 Å². The Morgan fingerprint density at radius 2 is 1.96 bits per heavy atom. The Morgan fingerprint density at radius 1 is 1.22 bits per heavy atom. The summed E-state index contributed by atoms with van der Waals surface area (Å²) in [4.78, 5) is 20.1. The normalized spacial score (nSPS) is 16.3. The molecule has 23 heavy (non-hydrogen) atoms. The number of aromatic nitrogens is 1. The Kier molecular flexibility index (Phi) is 4.30. The number of aryl methyl sites for hydroxylation is 1. The molecule has 2 heterocycles. The number of rotatable bonds is 3. The molecular formula is C18H21N3O2. The minimum atomic E-state index is -0.939. The van der Waals surface area contributed by atoms with Crippen molar-refractivity contribution in [1.29, 1.82) is 0 Å². The third-order valence-corrected chi connectivity index (χ3v) is 4.27. The number of pyridine rings is 1. The first kappa shape index (κ1) is 15.5. The van der Waals surface area contributed by atoms with Crippen LogP contribution in [-0.4, -0.2) is 54.2 Å². The van der Waals surface area contributed by atoms with Crippen molar-refractivity contribution < 1.29 is 9.90 Å². The highest BCUT2D eigenvalue weighted by Crippen LogP contribution is 2.24. The second kappa shape index (κ2) is 6.38. The number of nitrogens with zero attached hydrogens (tertiary/aromatic N) is 3. The second-order valence-electron chi connectivity index (χ2n) is 6.04. The molecule has 3 rings (SSSR count). The van der Waals surface area contributed by atoms with Crippen LogP contribution in [0.15, 0.2) is 30.3 Å². The first-order chi connectivity index (χ1) is 11.0. The molecule has 0 amide bonds. The van der Waals surface area contributed by atoms with Crippen LogP contribution in [0, 0.1) is 6.92 Å². The van der Waals surface area contributed by atoms with Gasteiger partial charge in [-0.2, -0.15) is 0 Å². The van der Waals surface area contributed by atoms with Crippen LogP contribution in [0.5, 0.6) is 0 Å². The molecule has 0 radical (unpaired) electrons. The van der Waals surface area contributed by atoms with Gasteiger partial charge in [0.15, 0.2) is 0 Å². The van der Waals surface area contributed by atoms with Gasteiger partial charge in [0, 0.05) is 37.6 Å². The molecule has 1 saturated heterocycles. The van der Waals surface area contributed by atoms with Crippen LogP contribution in [0.2, 0.25) is 0 Å². The molecule has 1 aliphatic rings. The van der Waals surface area contributed by atoms with E-state index in [9.17, 15) is 4.79 Å². The summed E-state index contributed by atoms with van der Waals surface area (Å²) in [6, 6.07) is 7.98. The predicted molar refractivity (Wildman–Crippen MR) is 92.9 cm³/mol. The van der Waals surface area contributed by atoms with E-state index in [4.69, 9.17) is 10.1 Å². The molecule has 1 N–H and O–H groups in total. The van der Waals surface area contributed by atoms with E-state index in [0.717, 1.165) is 60.1 Å². The van der Waals surface area contributed by atoms with E-state index >= 15 is 0 Å². The number of piperazine rings is 1. The van der Waals surface area contributed by atoms with Crippen LogP contribution >= 0.6 is 0 Å². The average molecular weight is 311 g/mol. The van der Waals surface area contributed by atoms with Gasteiger partial charge in [-0.05, 0) is 49.4 Å². The molecule has 0 aliphatic carbocycles. The number of benzene rings is 1. The van der Waals surface area contributed by atoms with Gasteiger partial charge in [-0.25, -0.2) is 9.78 Å². The number of anilines is 1. The highest BCUT2D eigenvalue weighted by Gasteiger charge is 2.16. The number of likely N-dealkylation sites (N-methyl/N-ethyl adjacent to an activating group) is 1. The fraction of sp³-hybridized carbons (Fsp3) is 0.333. The van der Waals surface area contributed by atoms with E-state index in [1.54, 1.807) is 6.08 Å². The quantitative estimate of drug-likeness (QED) is 0.882. The molecule has 5 heteroatoms. The molecule has 5 nitrogen and oxygen atoms in total. The Bertz CT molecular complexity index is 762. The first-order valence-electron chi connectivity index (χ1n) is 7.79. The summed E-state index contributed by atoms with van der Waals surface area (Å²) in [5.74, 6) is 0.0855. The summed E-state index contributed by atoms with van der Waals surface area (Å²) >= 11 is 0. The number of aliphatic carboxylic acids is 1. The fourth-order valence-electron chi connectivity index (χ4n) is 2.86. The van der Waals surface area contributed by atoms with E-state index in [1.165, 1.54) is 0 Å².